The predicted molar refractivity (Wildman–Crippen MR) is 68.9 cm³/mol. The van der Waals surface area contributed by atoms with Crippen LogP contribution in [0.5, 0.6) is 0 Å². The molecule has 2 heterocycles. The number of nitrogens with one attached hydrogen (secondary N) is 1. The molecule has 1 aliphatic heterocycles. The highest BCUT2D eigenvalue weighted by Crippen LogP contribution is 2.27. The van der Waals surface area contributed by atoms with E-state index >= 15 is 0 Å². The Morgan fingerprint density at radius 2 is 2.44 bits per heavy atom. The summed E-state index contributed by atoms with van der Waals surface area (Å²) in [5, 5.41) is 4.65. The van der Waals surface area contributed by atoms with E-state index in [0.717, 1.165) is 6.54 Å². The van der Waals surface area contributed by atoms with Gasteiger partial charge in [-0.2, -0.15) is 0 Å². The molecule has 16 heavy (non-hydrogen) atoms. The molecular weight excluding hydrogens is 218 g/mol. The molecule has 1 aromatic heterocycles. The van der Waals surface area contributed by atoms with E-state index < -0.39 is 0 Å². The summed E-state index contributed by atoms with van der Waals surface area (Å²) in [5.74, 6) is 0. The fourth-order valence-corrected chi connectivity index (χ4v) is 3.18. The minimum Gasteiger partial charge on any atom is -0.316 e. The van der Waals surface area contributed by atoms with Gasteiger partial charge < -0.3 is 5.32 Å². The first kappa shape index (κ1) is 12.0. The number of likely N-dealkylation sites (tertiary alicyclic amines) is 1. The third kappa shape index (κ3) is 2.62. The lowest BCUT2D eigenvalue weighted by molar-refractivity contribution is 0.149. The van der Waals surface area contributed by atoms with E-state index in [1.54, 1.807) is 0 Å². The van der Waals surface area contributed by atoms with Gasteiger partial charge in [-0.05, 0) is 40.3 Å². The third-order valence-corrected chi connectivity index (χ3v) is 4.49. The third-order valence-electron chi connectivity index (χ3n) is 3.41. The summed E-state index contributed by atoms with van der Waals surface area (Å²) in [7, 11) is 2.06. The maximum atomic E-state index is 4.50. The van der Waals surface area contributed by atoms with Crippen LogP contribution in [0.15, 0.2) is 6.20 Å². The molecule has 1 aromatic rings. The Morgan fingerprint density at radius 3 is 3.06 bits per heavy atom. The van der Waals surface area contributed by atoms with Crippen LogP contribution in [0.25, 0.3) is 0 Å². The number of hydrogen-bond acceptors (Lipinski definition) is 4. The summed E-state index contributed by atoms with van der Waals surface area (Å²) in [6.45, 7) is 6.76. The second-order valence-corrected chi connectivity index (χ2v) is 5.87. The Bertz CT molecular complexity index is 337. The Morgan fingerprint density at radius 1 is 1.62 bits per heavy atom. The number of hydrogen-bond donors (Lipinski definition) is 1. The van der Waals surface area contributed by atoms with Crippen LogP contribution < -0.4 is 5.32 Å². The molecule has 90 valence electrons. The molecule has 2 unspecified atom stereocenters. The zero-order chi connectivity index (χ0) is 11.5. The quantitative estimate of drug-likeness (QED) is 0.876. The average Bonchev–Trinajstić information content (AvgIpc) is 2.75. The standard InChI is InChI=1S/C12H21N3S/c1-9-7-14-12(16-9)10(2)15-6-4-5-11(8-15)13-3/h7,10-11,13H,4-6,8H2,1-3H3. The molecule has 1 saturated heterocycles. The van der Waals surface area contributed by atoms with E-state index in [-0.39, 0.29) is 0 Å². The van der Waals surface area contributed by atoms with E-state index in [1.807, 2.05) is 17.5 Å². The van der Waals surface area contributed by atoms with E-state index in [4.69, 9.17) is 0 Å². The molecule has 4 heteroatoms. The van der Waals surface area contributed by atoms with Crippen LogP contribution in [0.4, 0.5) is 0 Å². The molecule has 0 radical (unpaired) electrons. The lowest BCUT2D eigenvalue weighted by Crippen LogP contribution is -2.45. The van der Waals surface area contributed by atoms with Crippen LogP contribution in [-0.2, 0) is 0 Å². The first-order valence-electron chi connectivity index (χ1n) is 6.04. The van der Waals surface area contributed by atoms with E-state index in [9.17, 15) is 0 Å². The number of nitrogens with zero attached hydrogens (tertiary/aromatic N) is 2. The minimum atomic E-state index is 0.467. The highest BCUT2D eigenvalue weighted by atomic mass is 32.1. The van der Waals surface area contributed by atoms with Crippen LogP contribution in [0.3, 0.4) is 0 Å². The maximum absolute atomic E-state index is 4.50. The molecule has 2 atom stereocenters. The van der Waals surface area contributed by atoms with Crippen molar-refractivity contribution in [3.8, 4) is 0 Å². The molecule has 3 nitrogen and oxygen atoms in total. The van der Waals surface area contributed by atoms with Crippen LogP contribution >= 0.6 is 11.3 Å². The highest BCUT2D eigenvalue weighted by Gasteiger charge is 2.24. The van der Waals surface area contributed by atoms with Crippen molar-refractivity contribution >= 4 is 11.3 Å². The van der Waals surface area contributed by atoms with Crippen molar-refractivity contribution in [2.75, 3.05) is 20.1 Å². The molecule has 1 N–H and O–H groups in total. The van der Waals surface area contributed by atoms with Gasteiger partial charge in [0.05, 0.1) is 6.04 Å². The van der Waals surface area contributed by atoms with Crippen LogP contribution in [0, 0.1) is 6.92 Å². The Hall–Kier alpha value is -0.450. The first-order chi connectivity index (χ1) is 7.70. The number of piperidine rings is 1. The number of likely N-dealkylation sites (N-methyl/N-ethyl adjacent to an activating group) is 1. The number of thiazole rings is 1. The summed E-state index contributed by atoms with van der Waals surface area (Å²) in [6.07, 6.45) is 4.58. The highest BCUT2D eigenvalue weighted by molar-refractivity contribution is 7.11. The number of aromatic nitrogens is 1. The van der Waals surface area contributed by atoms with Gasteiger partial charge >= 0.3 is 0 Å². The fourth-order valence-electron chi connectivity index (χ4n) is 2.32. The molecule has 0 aromatic carbocycles. The van der Waals surface area contributed by atoms with Gasteiger partial charge in [-0.1, -0.05) is 0 Å². The number of aryl methyl sites for hydroxylation is 1. The zero-order valence-electron chi connectivity index (χ0n) is 10.4. The summed E-state index contributed by atoms with van der Waals surface area (Å²) in [6, 6.07) is 1.12. The normalized spacial score (nSPS) is 24.6. The lowest BCUT2D eigenvalue weighted by Gasteiger charge is -2.35. The van der Waals surface area contributed by atoms with Gasteiger partial charge in [0.25, 0.3) is 0 Å². The zero-order valence-corrected chi connectivity index (χ0v) is 11.2. The predicted octanol–water partition coefficient (Wildman–Crippen LogP) is 2.20. The van der Waals surface area contributed by atoms with Crippen molar-refractivity contribution in [2.24, 2.45) is 0 Å². The molecule has 0 aliphatic carbocycles. The SMILES string of the molecule is CNC1CCCN(C(C)c2ncc(C)s2)C1. The maximum Gasteiger partial charge on any atom is 0.110 e. The molecular formula is C12H21N3S. The van der Waals surface area contributed by atoms with E-state index in [0.29, 0.717) is 12.1 Å². The van der Waals surface area contributed by atoms with Crippen LogP contribution in [0.2, 0.25) is 0 Å². The topological polar surface area (TPSA) is 28.2 Å². The van der Waals surface area contributed by atoms with Gasteiger partial charge in [0.1, 0.15) is 5.01 Å². The van der Waals surface area contributed by atoms with Crippen molar-refractivity contribution < 1.29 is 0 Å². The summed E-state index contributed by atoms with van der Waals surface area (Å²) < 4.78 is 0. The van der Waals surface area contributed by atoms with Gasteiger partial charge in [-0.25, -0.2) is 4.98 Å². The van der Waals surface area contributed by atoms with E-state index in [2.05, 4.69) is 36.1 Å². The van der Waals surface area contributed by atoms with Crippen molar-refractivity contribution in [1.29, 1.82) is 0 Å². The minimum absolute atomic E-state index is 0.467. The average molecular weight is 239 g/mol. The van der Waals surface area contributed by atoms with Crippen molar-refractivity contribution in [3.63, 3.8) is 0 Å². The number of rotatable bonds is 3. The van der Waals surface area contributed by atoms with Crippen LogP contribution in [-0.4, -0.2) is 36.1 Å². The van der Waals surface area contributed by atoms with Gasteiger partial charge in [0.2, 0.25) is 0 Å². The molecule has 0 bridgehead atoms. The smallest absolute Gasteiger partial charge is 0.110 e. The monoisotopic (exact) mass is 239 g/mol. The van der Waals surface area contributed by atoms with Gasteiger partial charge in [0, 0.05) is 23.7 Å². The molecule has 0 amide bonds. The summed E-state index contributed by atoms with van der Waals surface area (Å²) in [5.41, 5.74) is 0. The molecule has 1 aliphatic rings. The molecule has 0 saturated carbocycles. The Balaban J connectivity index is 2.01. The summed E-state index contributed by atoms with van der Waals surface area (Å²) >= 11 is 1.83. The van der Waals surface area contributed by atoms with Gasteiger partial charge in [-0.15, -0.1) is 11.3 Å². The Labute approximate surface area is 102 Å². The second kappa shape index (κ2) is 5.25. The second-order valence-electron chi connectivity index (χ2n) is 4.61. The van der Waals surface area contributed by atoms with Crippen molar-refractivity contribution in [1.82, 2.24) is 15.2 Å². The molecule has 2 rings (SSSR count). The molecule has 0 spiro atoms. The lowest BCUT2D eigenvalue weighted by atomic mass is 10.0. The molecule has 1 fully saturated rings. The van der Waals surface area contributed by atoms with E-state index in [1.165, 1.54) is 29.3 Å². The first-order valence-corrected chi connectivity index (χ1v) is 6.86. The largest absolute Gasteiger partial charge is 0.316 e. The van der Waals surface area contributed by atoms with Gasteiger partial charge in [-0.3, -0.25) is 4.90 Å². The Kier molecular flexibility index (Phi) is 3.95. The van der Waals surface area contributed by atoms with Crippen LogP contribution in [0.1, 0.15) is 35.7 Å². The van der Waals surface area contributed by atoms with Crippen molar-refractivity contribution in [2.45, 2.75) is 38.8 Å². The fraction of sp³-hybridized carbons (Fsp3) is 0.750. The van der Waals surface area contributed by atoms with Gasteiger partial charge in [0.15, 0.2) is 0 Å². The summed E-state index contributed by atoms with van der Waals surface area (Å²) in [4.78, 5) is 8.35. The van der Waals surface area contributed by atoms with Crippen molar-refractivity contribution in [3.05, 3.63) is 16.1 Å².